The van der Waals surface area contributed by atoms with Gasteiger partial charge in [-0.05, 0) is 11.4 Å². The van der Waals surface area contributed by atoms with Crippen molar-refractivity contribution in [3.05, 3.63) is 22.8 Å². The number of amides is 1. The highest BCUT2D eigenvalue weighted by molar-refractivity contribution is 5.96. The van der Waals surface area contributed by atoms with Gasteiger partial charge in [-0.25, -0.2) is 9.97 Å². The van der Waals surface area contributed by atoms with Gasteiger partial charge in [0.15, 0.2) is 11.6 Å². The molecule has 1 fully saturated rings. The van der Waals surface area contributed by atoms with Crippen molar-refractivity contribution >= 4 is 17.5 Å². The molecule has 8 heteroatoms. The van der Waals surface area contributed by atoms with Gasteiger partial charge >= 0.3 is 0 Å². The van der Waals surface area contributed by atoms with E-state index in [9.17, 15) is 4.79 Å². The van der Waals surface area contributed by atoms with Gasteiger partial charge in [-0.2, -0.15) is 0 Å². The number of carbonyl (C=O) groups is 1. The van der Waals surface area contributed by atoms with E-state index < -0.39 is 0 Å². The topological polar surface area (TPSA) is 121 Å². The maximum Gasteiger partial charge on any atom is 0.228 e. The molecule has 1 aliphatic rings. The van der Waals surface area contributed by atoms with E-state index in [4.69, 9.17) is 11.3 Å². The zero-order valence-electron chi connectivity index (χ0n) is 9.02. The predicted molar refractivity (Wildman–Crippen MR) is 60.9 cm³/mol. The number of anilines is 2. The van der Waals surface area contributed by atoms with Crippen LogP contribution in [0.3, 0.4) is 0 Å². The van der Waals surface area contributed by atoms with E-state index in [1.807, 2.05) is 0 Å². The van der Waals surface area contributed by atoms with Crippen molar-refractivity contribution < 1.29 is 4.79 Å². The Kier molecular flexibility index (Phi) is 3.06. The van der Waals surface area contributed by atoms with E-state index in [2.05, 4.69) is 20.0 Å². The molecule has 1 atom stereocenters. The van der Waals surface area contributed by atoms with Crippen LogP contribution in [0.15, 0.2) is 17.5 Å². The lowest BCUT2D eigenvalue weighted by molar-refractivity contribution is -0.117. The molecule has 2 rings (SSSR count). The Morgan fingerprint density at radius 2 is 2.35 bits per heavy atom. The fraction of sp³-hybridized carbons (Fsp3) is 0.444. The standard InChI is InChI=1S/C9H11N7O/c10-8-9(13-2-1-12-8)16-5-6(3-7(16)17)4-14-15-11/h1-2,6H,3-5H2,(H2,10,12). The molecular weight excluding hydrogens is 222 g/mol. The Hall–Kier alpha value is -2.34. The molecule has 0 aromatic carbocycles. The highest BCUT2D eigenvalue weighted by Gasteiger charge is 2.32. The minimum Gasteiger partial charge on any atom is -0.381 e. The summed E-state index contributed by atoms with van der Waals surface area (Å²) >= 11 is 0. The highest BCUT2D eigenvalue weighted by atomic mass is 16.2. The Bertz CT molecular complexity index is 482. The van der Waals surface area contributed by atoms with E-state index in [-0.39, 0.29) is 17.6 Å². The fourth-order valence-electron chi connectivity index (χ4n) is 1.81. The van der Waals surface area contributed by atoms with Gasteiger partial charge < -0.3 is 5.73 Å². The molecule has 17 heavy (non-hydrogen) atoms. The molecule has 88 valence electrons. The fourth-order valence-corrected chi connectivity index (χ4v) is 1.81. The van der Waals surface area contributed by atoms with Crippen LogP contribution >= 0.6 is 0 Å². The van der Waals surface area contributed by atoms with Crippen molar-refractivity contribution in [3.63, 3.8) is 0 Å². The molecule has 0 spiro atoms. The molecule has 2 N–H and O–H groups in total. The van der Waals surface area contributed by atoms with Crippen LogP contribution < -0.4 is 10.6 Å². The second-order valence-corrected chi connectivity index (χ2v) is 3.75. The maximum absolute atomic E-state index is 11.8. The summed E-state index contributed by atoms with van der Waals surface area (Å²) in [6.45, 7) is 0.764. The number of azide groups is 1. The van der Waals surface area contributed by atoms with E-state index >= 15 is 0 Å². The van der Waals surface area contributed by atoms with Gasteiger partial charge in [0, 0.05) is 36.8 Å². The van der Waals surface area contributed by atoms with E-state index in [1.165, 1.54) is 17.3 Å². The molecule has 0 bridgehead atoms. The molecular formula is C9H11N7O. The van der Waals surface area contributed by atoms with Gasteiger partial charge in [0.05, 0.1) is 0 Å². The van der Waals surface area contributed by atoms with Crippen molar-refractivity contribution in [1.29, 1.82) is 0 Å². The number of aromatic nitrogens is 2. The molecule has 1 amide bonds. The van der Waals surface area contributed by atoms with E-state index in [0.29, 0.717) is 25.3 Å². The van der Waals surface area contributed by atoms with Gasteiger partial charge in [-0.15, -0.1) is 0 Å². The van der Waals surface area contributed by atoms with Crippen LogP contribution in [0.1, 0.15) is 6.42 Å². The van der Waals surface area contributed by atoms with Crippen molar-refractivity contribution in [2.45, 2.75) is 6.42 Å². The third-order valence-electron chi connectivity index (χ3n) is 2.57. The average molecular weight is 233 g/mol. The van der Waals surface area contributed by atoms with Crippen LogP contribution in [-0.4, -0.2) is 29.0 Å². The number of nitrogens with two attached hydrogens (primary N) is 1. The van der Waals surface area contributed by atoms with Crippen molar-refractivity contribution in [2.24, 2.45) is 11.0 Å². The normalized spacial score (nSPS) is 19.2. The minimum atomic E-state index is -0.0738. The summed E-state index contributed by atoms with van der Waals surface area (Å²) in [6.07, 6.45) is 3.30. The summed E-state index contributed by atoms with van der Waals surface area (Å²) in [7, 11) is 0. The zero-order chi connectivity index (χ0) is 12.3. The van der Waals surface area contributed by atoms with Crippen LogP contribution in [0.4, 0.5) is 11.6 Å². The minimum absolute atomic E-state index is 0.0137. The van der Waals surface area contributed by atoms with Crippen LogP contribution in [0.2, 0.25) is 0 Å². The maximum atomic E-state index is 11.8. The number of hydrogen-bond donors (Lipinski definition) is 1. The van der Waals surface area contributed by atoms with Crippen LogP contribution in [0.5, 0.6) is 0 Å². The first-order valence-corrected chi connectivity index (χ1v) is 5.10. The summed E-state index contributed by atoms with van der Waals surface area (Å²) in [5.41, 5.74) is 13.9. The van der Waals surface area contributed by atoms with Gasteiger partial charge in [0.2, 0.25) is 5.91 Å². The number of nitrogens with zero attached hydrogens (tertiary/aromatic N) is 6. The molecule has 1 aliphatic heterocycles. The van der Waals surface area contributed by atoms with Gasteiger partial charge in [0.1, 0.15) is 0 Å². The summed E-state index contributed by atoms with van der Waals surface area (Å²) in [6, 6.07) is 0. The lowest BCUT2D eigenvalue weighted by Crippen LogP contribution is -2.27. The second-order valence-electron chi connectivity index (χ2n) is 3.75. The van der Waals surface area contributed by atoms with Crippen LogP contribution in [0.25, 0.3) is 10.4 Å². The highest BCUT2D eigenvalue weighted by Crippen LogP contribution is 2.26. The summed E-state index contributed by atoms with van der Waals surface area (Å²) in [4.78, 5) is 23.9. The van der Waals surface area contributed by atoms with E-state index in [1.54, 1.807) is 0 Å². The third-order valence-corrected chi connectivity index (χ3v) is 2.57. The molecule has 2 heterocycles. The molecule has 1 unspecified atom stereocenters. The first kappa shape index (κ1) is 11.2. The van der Waals surface area contributed by atoms with Crippen molar-refractivity contribution in [3.8, 4) is 0 Å². The largest absolute Gasteiger partial charge is 0.381 e. The van der Waals surface area contributed by atoms with E-state index in [0.717, 1.165) is 0 Å². The quantitative estimate of drug-likeness (QED) is 0.469. The molecule has 0 saturated carbocycles. The second kappa shape index (κ2) is 4.67. The first-order valence-electron chi connectivity index (χ1n) is 5.10. The number of nitrogen functional groups attached to an aromatic ring is 1. The molecule has 1 saturated heterocycles. The van der Waals surface area contributed by atoms with Crippen molar-refractivity contribution in [2.75, 3.05) is 23.7 Å². The summed E-state index contributed by atoms with van der Waals surface area (Å²) < 4.78 is 0. The smallest absolute Gasteiger partial charge is 0.228 e. The molecule has 1 aromatic rings. The van der Waals surface area contributed by atoms with Gasteiger partial charge in [-0.3, -0.25) is 9.69 Å². The van der Waals surface area contributed by atoms with Gasteiger partial charge in [0.25, 0.3) is 0 Å². The van der Waals surface area contributed by atoms with Crippen LogP contribution in [-0.2, 0) is 4.79 Å². The molecule has 0 aliphatic carbocycles. The Morgan fingerprint density at radius 3 is 3.06 bits per heavy atom. The molecule has 1 aromatic heterocycles. The third kappa shape index (κ3) is 2.26. The van der Waals surface area contributed by atoms with Gasteiger partial charge in [-0.1, -0.05) is 5.11 Å². The molecule has 8 nitrogen and oxygen atoms in total. The number of carbonyl (C=O) groups excluding carboxylic acids is 1. The summed E-state index contributed by atoms with van der Waals surface area (Å²) in [5.74, 6) is 0.543. The SMILES string of the molecule is [N-]=[N+]=NCC1CC(=O)N(c2nccnc2N)C1. The lowest BCUT2D eigenvalue weighted by Gasteiger charge is -2.15. The average Bonchev–Trinajstić information content (AvgIpc) is 2.68. The monoisotopic (exact) mass is 233 g/mol. The van der Waals surface area contributed by atoms with Crippen molar-refractivity contribution in [1.82, 2.24) is 9.97 Å². The van der Waals surface area contributed by atoms with Crippen LogP contribution in [0, 0.1) is 5.92 Å². The number of rotatable bonds is 3. The number of hydrogen-bond acceptors (Lipinski definition) is 5. The Labute approximate surface area is 97.1 Å². The first-order chi connectivity index (χ1) is 8.22. The predicted octanol–water partition coefficient (Wildman–Crippen LogP) is 0.722. The Morgan fingerprint density at radius 1 is 1.59 bits per heavy atom. The zero-order valence-corrected chi connectivity index (χ0v) is 9.02. The summed E-state index contributed by atoms with van der Waals surface area (Å²) in [5, 5.41) is 3.47. The molecule has 0 radical (unpaired) electrons. The lowest BCUT2D eigenvalue weighted by atomic mass is 10.1. The Balaban J connectivity index is 2.16.